The molecule has 1 aromatic rings. The van der Waals surface area contributed by atoms with E-state index in [0.29, 0.717) is 0 Å². The fraction of sp³-hybridized carbons (Fsp3) is 0.500. The van der Waals surface area contributed by atoms with Gasteiger partial charge in [0.05, 0.1) is 0 Å². The zero-order valence-corrected chi connectivity index (χ0v) is 10.8. The van der Waals surface area contributed by atoms with Crippen molar-refractivity contribution < 1.29 is 0 Å². The van der Waals surface area contributed by atoms with Crippen molar-refractivity contribution >= 4 is 15.9 Å². The second-order valence-corrected chi connectivity index (χ2v) is 4.40. The van der Waals surface area contributed by atoms with Crippen molar-refractivity contribution in [1.29, 1.82) is 0 Å². The summed E-state index contributed by atoms with van der Waals surface area (Å²) in [6, 6.07) is 8.39. The van der Waals surface area contributed by atoms with E-state index in [2.05, 4.69) is 44.8 Å². The first-order valence-corrected chi connectivity index (χ1v) is 6.22. The second-order valence-electron chi connectivity index (χ2n) is 3.55. The highest BCUT2D eigenvalue weighted by atomic mass is 79.9. The molecule has 0 aromatic heterocycles. The lowest BCUT2D eigenvalue weighted by atomic mass is 10.1. The first-order chi connectivity index (χ1) is 7.34. The van der Waals surface area contributed by atoms with Gasteiger partial charge in [0.1, 0.15) is 0 Å². The fourth-order valence-electron chi connectivity index (χ4n) is 1.44. The number of benzene rings is 1. The van der Waals surface area contributed by atoms with Gasteiger partial charge in [0.15, 0.2) is 0 Å². The third-order valence-electron chi connectivity index (χ3n) is 2.31. The molecular formula is C12H19BrN2. The Hall–Kier alpha value is -0.380. The quantitative estimate of drug-likeness (QED) is 0.743. The molecule has 1 rings (SSSR count). The summed E-state index contributed by atoms with van der Waals surface area (Å²) in [5.41, 5.74) is 1.37. The van der Waals surface area contributed by atoms with Crippen LogP contribution in [0.5, 0.6) is 0 Å². The first kappa shape index (κ1) is 12.7. The smallest absolute Gasteiger partial charge is 0.0207 e. The standard InChI is InChI=1S/C12H19BrN2/c1-14-8-4-9-15-10-7-11-5-2-3-6-12(11)13/h2-3,5-6,14-15H,4,7-10H2,1H3. The minimum atomic E-state index is 1.05. The Balaban J connectivity index is 2.12. The van der Waals surface area contributed by atoms with E-state index >= 15 is 0 Å². The van der Waals surface area contributed by atoms with Crippen LogP contribution in [0, 0.1) is 0 Å². The third-order valence-corrected chi connectivity index (χ3v) is 3.08. The van der Waals surface area contributed by atoms with Gasteiger partial charge in [0, 0.05) is 4.47 Å². The van der Waals surface area contributed by atoms with Gasteiger partial charge in [0.2, 0.25) is 0 Å². The van der Waals surface area contributed by atoms with Crippen LogP contribution in [0.15, 0.2) is 28.7 Å². The summed E-state index contributed by atoms with van der Waals surface area (Å²) >= 11 is 3.55. The Morgan fingerprint density at radius 2 is 1.93 bits per heavy atom. The predicted molar refractivity (Wildman–Crippen MR) is 69.3 cm³/mol. The van der Waals surface area contributed by atoms with Crippen molar-refractivity contribution in [2.24, 2.45) is 0 Å². The van der Waals surface area contributed by atoms with E-state index in [1.54, 1.807) is 0 Å². The zero-order chi connectivity index (χ0) is 10.9. The molecule has 0 atom stereocenters. The average Bonchev–Trinajstić information content (AvgIpc) is 2.25. The highest BCUT2D eigenvalue weighted by Gasteiger charge is 1.97. The SMILES string of the molecule is CNCCCNCCc1ccccc1Br. The maximum atomic E-state index is 3.55. The van der Waals surface area contributed by atoms with Gasteiger partial charge < -0.3 is 10.6 Å². The Morgan fingerprint density at radius 1 is 1.13 bits per heavy atom. The molecule has 0 heterocycles. The van der Waals surface area contributed by atoms with Gasteiger partial charge in [-0.25, -0.2) is 0 Å². The largest absolute Gasteiger partial charge is 0.320 e. The molecule has 0 bridgehead atoms. The van der Waals surface area contributed by atoms with Gasteiger partial charge in [-0.05, 0) is 51.2 Å². The van der Waals surface area contributed by atoms with Crippen molar-refractivity contribution in [2.45, 2.75) is 12.8 Å². The summed E-state index contributed by atoms with van der Waals surface area (Å²) in [5, 5.41) is 6.57. The van der Waals surface area contributed by atoms with Crippen LogP contribution in [-0.2, 0) is 6.42 Å². The first-order valence-electron chi connectivity index (χ1n) is 5.43. The Morgan fingerprint density at radius 3 is 2.67 bits per heavy atom. The van der Waals surface area contributed by atoms with E-state index in [-0.39, 0.29) is 0 Å². The van der Waals surface area contributed by atoms with Gasteiger partial charge in [0.25, 0.3) is 0 Å². The number of nitrogens with one attached hydrogen (secondary N) is 2. The maximum absolute atomic E-state index is 3.55. The number of hydrogen-bond acceptors (Lipinski definition) is 2. The molecular weight excluding hydrogens is 252 g/mol. The van der Waals surface area contributed by atoms with Crippen LogP contribution in [-0.4, -0.2) is 26.7 Å². The summed E-state index contributed by atoms with van der Waals surface area (Å²) in [7, 11) is 1.99. The molecule has 2 nitrogen and oxygen atoms in total. The lowest BCUT2D eigenvalue weighted by Crippen LogP contribution is -2.22. The molecule has 0 unspecified atom stereocenters. The molecule has 3 heteroatoms. The van der Waals surface area contributed by atoms with E-state index in [9.17, 15) is 0 Å². The molecule has 1 aromatic carbocycles. The predicted octanol–water partition coefficient (Wildman–Crippen LogP) is 2.19. The maximum Gasteiger partial charge on any atom is 0.0207 e. The topological polar surface area (TPSA) is 24.1 Å². The molecule has 0 saturated heterocycles. The summed E-state index contributed by atoms with van der Waals surface area (Å²) < 4.78 is 1.21. The Bertz CT molecular complexity index is 276. The molecule has 84 valence electrons. The number of halogens is 1. The molecule has 2 N–H and O–H groups in total. The molecule has 0 aliphatic heterocycles. The molecule has 0 aliphatic carbocycles. The van der Waals surface area contributed by atoms with Crippen LogP contribution < -0.4 is 10.6 Å². The molecule has 0 spiro atoms. The Kier molecular flexibility index (Phi) is 6.64. The van der Waals surface area contributed by atoms with Crippen LogP contribution in [0.1, 0.15) is 12.0 Å². The summed E-state index contributed by atoms with van der Waals surface area (Å²) in [4.78, 5) is 0. The van der Waals surface area contributed by atoms with E-state index in [1.807, 2.05) is 13.1 Å². The molecule has 0 amide bonds. The van der Waals surface area contributed by atoms with E-state index in [4.69, 9.17) is 0 Å². The van der Waals surface area contributed by atoms with E-state index in [1.165, 1.54) is 16.5 Å². The summed E-state index contributed by atoms with van der Waals surface area (Å²) in [5.74, 6) is 0. The average molecular weight is 271 g/mol. The van der Waals surface area contributed by atoms with Crippen LogP contribution in [0.2, 0.25) is 0 Å². The van der Waals surface area contributed by atoms with Gasteiger partial charge in [-0.15, -0.1) is 0 Å². The van der Waals surface area contributed by atoms with E-state index < -0.39 is 0 Å². The van der Waals surface area contributed by atoms with Crippen molar-refractivity contribution in [3.05, 3.63) is 34.3 Å². The summed E-state index contributed by atoms with van der Waals surface area (Å²) in [6.45, 7) is 3.22. The molecule has 0 fully saturated rings. The number of hydrogen-bond donors (Lipinski definition) is 2. The van der Waals surface area contributed by atoms with E-state index in [0.717, 1.165) is 26.1 Å². The molecule has 0 radical (unpaired) electrons. The highest BCUT2D eigenvalue weighted by Crippen LogP contribution is 2.15. The Labute approximate surface area is 101 Å². The third kappa shape index (κ3) is 5.30. The van der Waals surface area contributed by atoms with Crippen molar-refractivity contribution in [2.75, 3.05) is 26.7 Å². The van der Waals surface area contributed by atoms with Gasteiger partial charge >= 0.3 is 0 Å². The molecule has 0 saturated carbocycles. The lowest BCUT2D eigenvalue weighted by Gasteiger charge is -2.06. The fourth-order valence-corrected chi connectivity index (χ4v) is 1.92. The molecule has 15 heavy (non-hydrogen) atoms. The lowest BCUT2D eigenvalue weighted by molar-refractivity contribution is 0.624. The van der Waals surface area contributed by atoms with Crippen LogP contribution in [0.4, 0.5) is 0 Å². The van der Waals surface area contributed by atoms with Crippen LogP contribution in [0.3, 0.4) is 0 Å². The van der Waals surface area contributed by atoms with Gasteiger partial charge in [-0.3, -0.25) is 0 Å². The molecule has 0 aliphatic rings. The monoisotopic (exact) mass is 270 g/mol. The second kappa shape index (κ2) is 7.85. The normalized spacial score (nSPS) is 10.5. The number of rotatable bonds is 7. The minimum absolute atomic E-state index is 1.05. The van der Waals surface area contributed by atoms with Crippen molar-refractivity contribution in [3.63, 3.8) is 0 Å². The summed E-state index contributed by atoms with van der Waals surface area (Å²) in [6.07, 6.45) is 2.27. The van der Waals surface area contributed by atoms with Crippen LogP contribution >= 0.6 is 15.9 Å². The van der Waals surface area contributed by atoms with Crippen molar-refractivity contribution in [3.8, 4) is 0 Å². The minimum Gasteiger partial charge on any atom is -0.320 e. The van der Waals surface area contributed by atoms with Gasteiger partial charge in [-0.1, -0.05) is 34.1 Å². The van der Waals surface area contributed by atoms with Crippen molar-refractivity contribution in [1.82, 2.24) is 10.6 Å². The zero-order valence-electron chi connectivity index (χ0n) is 9.22. The van der Waals surface area contributed by atoms with Crippen LogP contribution in [0.25, 0.3) is 0 Å². The highest BCUT2D eigenvalue weighted by molar-refractivity contribution is 9.10. The van der Waals surface area contributed by atoms with Gasteiger partial charge in [-0.2, -0.15) is 0 Å².